The van der Waals surface area contributed by atoms with Crippen molar-refractivity contribution in [3.63, 3.8) is 0 Å². The summed E-state index contributed by atoms with van der Waals surface area (Å²) >= 11 is 0. The van der Waals surface area contributed by atoms with Crippen molar-refractivity contribution in [3.8, 4) is 6.07 Å². The Morgan fingerprint density at radius 3 is 2.57 bits per heavy atom. The van der Waals surface area contributed by atoms with Gasteiger partial charge in [0.1, 0.15) is 6.07 Å². The average Bonchev–Trinajstić information content (AvgIpc) is 2.41. The van der Waals surface area contributed by atoms with Crippen LogP contribution in [0.2, 0.25) is 0 Å². The summed E-state index contributed by atoms with van der Waals surface area (Å²) < 4.78 is 43.0. The van der Waals surface area contributed by atoms with Crippen molar-refractivity contribution in [1.82, 2.24) is 0 Å². The van der Waals surface area contributed by atoms with Crippen LogP contribution in [0.1, 0.15) is 37.8 Å². The second-order valence-corrected chi connectivity index (χ2v) is 4.92. The maximum atomic E-state index is 12.5. The number of nitrogens with zero attached hydrogens (tertiary/aromatic N) is 1. The van der Waals surface area contributed by atoms with Crippen LogP contribution < -0.4 is 5.32 Å². The van der Waals surface area contributed by atoms with Gasteiger partial charge in [-0.1, -0.05) is 0 Å². The number of alkyl halides is 3. The van der Waals surface area contributed by atoms with Gasteiger partial charge in [-0.15, -0.1) is 0 Å². The first-order chi connectivity index (χ1) is 9.84. The largest absolute Gasteiger partial charge is 0.416 e. The van der Waals surface area contributed by atoms with Gasteiger partial charge in [-0.3, -0.25) is 0 Å². The molecule has 0 saturated carbocycles. The molecule has 0 aliphatic heterocycles. The summed E-state index contributed by atoms with van der Waals surface area (Å²) in [5, 5.41) is 11.9. The lowest BCUT2D eigenvalue weighted by atomic mass is 10.1. The molecule has 1 aromatic carbocycles. The highest BCUT2D eigenvalue weighted by Gasteiger charge is 2.30. The summed E-state index contributed by atoms with van der Waals surface area (Å²) in [6.45, 7) is 5.15. The van der Waals surface area contributed by atoms with Gasteiger partial charge in [0.05, 0.1) is 22.9 Å². The van der Waals surface area contributed by atoms with Crippen LogP contribution in [0.15, 0.2) is 18.2 Å². The van der Waals surface area contributed by atoms with E-state index in [-0.39, 0.29) is 11.7 Å². The fourth-order valence-corrected chi connectivity index (χ4v) is 1.74. The van der Waals surface area contributed by atoms with Crippen LogP contribution in [-0.2, 0) is 10.9 Å². The number of nitriles is 1. The van der Waals surface area contributed by atoms with E-state index in [0.29, 0.717) is 18.8 Å². The highest BCUT2D eigenvalue weighted by molar-refractivity contribution is 5.58. The maximum absolute atomic E-state index is 12.5. The Kier molecular flexibility index (Phi) is 6.50. The summed E-state index contributed by atoms with van der Waals surface area (Å²) in [6, 6.07) is 4.93. The van der Waals surface area contributed by atoms with E-state index in [1.807, 2.05) is 13.8 Å². The van der Waals surface area contributed by atoms with Crippen LogP contribution >= 0.6 is 0 Å². The Labute approximate surface area is 122 Å². The molecule has 0 atom stereocenters. The Morgan fingerprint density at radius 2 is 2.00 bits per heavy atom. The second kappa shape index (κ2) is 7.89. The molecule has 0 amide bonds. The normalized spacial score (nSPS) is 11.5. The van der Waals surface area contributed by atoms with Gasteiger partial charge >= 0.3 is 6.18 Å². The Morgan fingerprint density at radius 1 is 1.29 bits per heavy atom. The molecule has 0 spiro atoms. The van der Waals surface area contributed by atoms with Crippen molar-refractivity contribution in [3.05, 3.63) is 29.3 Å². The van der Waals surface area contributed by atoms with E-state index in [1.54, 1.807) is 6.07 Å². The number of nitrogens with one attached hydrogen (secondary N) is 1. The summed E-state index contributed by atoms with van der Waals surface area (Å²) in [7, 11) is 0. The van der Waals surface area contributed by atoms with Crippen molar-refractivity contribution in [2.24, 2.45) is 0 Å². The molecule has 0 aliphatic rings. The van der Waals surface area contributed by atoms with Gasteiger partial charge in [0.25, 0.3) is 0 Å². The molecule has 0 heterocycles. The Hall–Kier alpha value is -1.74. The summed E-state index contributed by atoms with van der Waals surface area (Å²) in [5.74, 6) is 0. The number of unbranched alkanes of at least 4 members (excludes halogenated alkanes) is 1. The molecule has 1 N–H and O–H groups in total. The number of hydrogen-bond donors (Lipinski definition) is 1. The number of benzene rings is 1. The van der Waals surface area contributed by atoms with Gasteiger partial charge in [-0.2, -0.15) is 18.4 Å². The van der Waals surface area contributed by atoms with Gasteiger partial charge in [0.2, 0.25) is 0 Å². The molecule has 0 saturated heterocycles. The summed E-state index contributed by atoms with van der Waals surface area (Å²) in [4.78, 5) is 0. The second-order valence-electron chi connectivity index (χ2n) is 4.92. The molecule has 1 aromatic rings. The van der Waals surface area contributed by atoms with E-state index in [4.69, 9.17) is 10.00 Å². The molecular weight excluding hydrogens is 281 g/mol. The van der Waals surface area contributed by atoms with Gasteiger partial charge in [0.15, 0.2) is 0 Å². The number of ether oxygens (including phenoxy) is 1. The minimum Gasteiger partial charge on any atom is -0.384 e. The van der Waals surface area contributed by atoms with E-state index in [2.05, 4.69) is 5.32 Å². The van der Waals surface area contributed by atoms with Crippen molar-refractivity contribution >= 4 is 5.69 Å². The van der Waals surface area contributed by atoms with Crippen molar-refractivity contribution < 1.29 is 17.9 Å². The third-order valence-electron chi connectivity index (χ3n) is 2.81. The molecule has 21 heavy (non-hydrogen) atoms. The zero-order valence-corrected chi connectivity index (χ0v) is 12.1. The summed E-state index contributed by atoms with van der Waals surface area (Å²) in [5.41, 5.74) is -0.381. The van der Waals surface area contributed by atoms with Gasteiger partial charge in [0, 0.05) is 13.2 Å². The molecule has 0 unspecified atom stereocenters. The molecule has 0 bridgehead atoms. The lowest BCUT2D eigenvalue weighted by molar-refractivity contribution is -0.137. The van der Waals surface area contributed by atoms with Crippen LogP contribution in [0.5, 0.6) is 0 Å². The zero-order valence-electron chi connectivity index (χ0n) is 12.1. The van der Waals surface area contributed by atoms with Gasteiger partial charge < -0.3 is 10.1 Å². The Bertz CT molecular complexity index is 493. The number of anilines is 1. The first kappa shape index (κ1) is 17.3. The standard InChI is InChI=1S/C15H19F3N2O/c1-11(2)21-8-4-3-7-20-14-6-5-13(15(16,17)18)9-12(14)10-19/h5-6,9,11,20H,3-4,7-8H2,1-2H3. The van der Waals surface area contributed by atoms with E-state index >= 15 is 0 Å². The molecule has 6 heteroatoms. The molecule has 1 rings (SSSR count). The van der Waals surface area contributed by atoms with Gasteiger partial charge in [-0.25, -0.2) is 0 Å². The van der Waals surface area contributed by atoms with Gasteiger partial charge in [-0.05, 0) is 44.9 Å². The van der Waals surface area contributed by atoms with E-state index in [0.717, 1.165) is 25.0 Å². The van der Waals surface area contributed by atoms with Crippen LogP contribution in [0.25, 0.3) is 0 Å². The van der Waals surface area contributed by atoms with E-state index in [9.17, 15) is 13.2 Å². The topological polar surface area (TPSA) is 45.0 Å². The van der Waals surface area contributed by atoms with Crippen LogP contribution in [0, 0.1) is 11.3 Å². The number of hydrogen-bond acceptors (Lipinski definition) is 3. The van der Waals surface area contributed by atoms with Crippen LogP contribution in [0.4, 0.5) is 18.9 Å². The molecule has 116 valence electrons. The zero-order chi connectivity index (χ0) is 15.9. The minimum atomic E-state index is -4.43. The van der Waals surface area contributed by atoms with Crippen LogP contribution in [-0.4, -0.2) is 19.3 Å². The minimum absolute atomic E-state index is 0.00301. The number of rotatable bonds is 7. The molecule has 3 nitrogen and oxygen atoms in total. The van der Waals surface area contributed by atoms with Crippen LogP contribution in [0.3, 0.4) is 0 Å². The molecule has 0 radical (unpaired) electrons. The lowest BCUT2D eigenvalue weighted by Gasteiger charge is -2.12. The quantitative estimate of drug-likeness (QED) is 0.768. The molecular formula is C15H19F3N2O. The summed E-state index contributed by atoms with van der Waals surface area (Å²) in [6.07, 6.45) is -2.57. The fraction of sp³-hybridized carbons (Fsp3) is 0.533. The van der Waals surface area contributed by atoms with Crippen molar-refractivity contribution in [2.75, 3.05) is 18.5 Å². The van der Waals surface area contributed by atoms with Crippen molar-refractivity contribution in [2.45, 2.75) is 39.0 Å². The monoisotopic (exact) mass is 300 g/mol. The lowest BCUT2D eigenvalue weighted by Crippen LogP contribution is -2.09. The van der Waals surface area contributed by atoms with E-state index < -0.39 is 11.7 Å². The fourth-order valence-electron chi connectivity index (χ4n) is 1.74. The highest BCUT2D eigenvalue weighted by atomic mass is 19.4. The van der Waals surface area contributed by atoms with E-state index in [1.165, 1.54) is 6.07 Å². The third-order valence-corrected chi connectivity index (χ3v) is 2.81. The predicted molar refractivity (Wildman–Crippen MR) is 75.0 cm³/mol. The molecule has 0 aromatic heterocycles. The molecule has 0 aliphatic carbocycles. The molecule has 0 fully saturated rings. The Balaban J connectivity index is 2.51. The maximum Gasteiger partial charge on any atom is 0.416 e. The SMILES string of the molecule is CC(C)OCCCCNc1ccc(C(F)(F)F)cc1C#N. The van der Waals surface area contributed by atoms with Crippen molar-refractivity contribution in [1.29, 1.82) is 5.26 Å². The highest BCUT2D eigenvalue weighted by Crippen LogP contribution is 2.31. The smallest absolute Gasteiger partial charge is 0.384 e. The average molecular weight is 300 g/mol. The first-order valence-corrected chi connectivity index (χ1v) is 6.81. The third kappa shape index (κ3) is 6.05. The number of halogens is 3. The predicted octanol–water partition coefficient (Wildman–Crippen LogP) is 4.19. The first-order valence-electron chi connectivity index (χ1n) is 6.81.